The second-order valence-electron chi connectivity index (χ2n) is 17.6. The van der Waals surface area contributed by atoms with Gasteiger partial charge in [-0.1, -0.05) is 248 Å². The summed E-state index contributed by atoms with van der Waals surface area (Å²) in [7, 11) is 0. The molecule has 3 atom stereocenters. The van der Waals surface area contributed by atoms with Crippen LogP contribution in [0, 0.1) is 0 Å². The number of nitrogens with one attached hydrogen (secondary N) is 1. The van der Waals surface area contributed by atoms with E-state index < -0.39 is 18.2 Å². The first-order chi connectivity index (χ1) is 30.5. The molecule has 0 fully saturated rings. The molecule has 62 heavy (non-hydrogen) atoms. The maximum atomic E-state index is 13.2. The van der Waals surface area contributed by atoms with Gasteiger partial charge in [0.15, 0.2) is 0 Å². The summed E-state index contributed by atoms with van der Waals surface area (Å²) in [5.74, 6) is -0.627. The van der Waals surface area contributed by atoms with Gasteiger partial charge in [0.1, 0.15) is 6.10 Å². The molecule has 3 N–H and O–H groups in total. The number of esters is 1. The van der Waals surface area contributed by atoms with E-state index in [1.165, 1.54) is 128 Å². The second-order valence-corrected chi connectivity index (χ2v) is 17.6. The Bertz CT molecular complexity index is 1150. The number of hydrogen-bond acceptors (Lipinski definition) is 5. The van der Waals surface area contributed by atoms with Crippen LogP contribution >= 0.6 is 0 Å². The predicted octanol–water partition coefficient (Wildman–Crippen LogP) is 15.8. The summed E-state index contributed by atoms with van der Waals surface area (Å²) in [4.78, 5) is 26.1. The molecular weight excluding hydrogens is 767 g/mol. The molecule has 0 spiro atoms. The number of amides is 1. The number of rotatable bonds is 46. The largest absolute Gasteiger partial charge is 0.458 e. The van der Waals surface area contributed by atoms with E-state index in [1.54, 1.807) is 6.08 Å². The number of aliphatic hydroxyl groups is 2. The molecule has 0 saturated heterocycles. The summed E-state index contributed by atoms with van der Waals surface area (Å²) >= 11 is 0. The van der Waals surface area contributed by atoms with E-state index in [0.717, 1.165) is 70.6 Å². The van der Waals surface area contributed by atoms with Gasteiger partial charge >= 0.3 is 5.97 Å². The van der Waals surface area contributed by atoms with Crippen LogP contribution in [0.1, 0.15) is 245 Å². The van der Waals surface area contributed by atoms with E-state index in [-0.39, 0.29) is 24.9 Å². The standard InChI is InChI=1S/C56H99NO5/c1-4-7-10-13-16-19-22-24-26-28-29-31-33-35-38-41-44-47-52(50-55(60)57-53(51-58)54(59)48-45-42-39-36-21-18-15-12-9-6-3)62-56(61)49-46-43-40-37-34-32-30-27-25-23-20-17-14-11-8-5-2/h7,10,16,19,24,26,29,31,35,38,44,47,52-54,58-59H,4-6,8-9,11-15,17-18,20-23,25,27-28,30,32-34,36-37,39-43,45-46,48-51H2,1-3H3,(H,57,60)/b10-7-,19-16-,26-24-,31-29-,38-35-,47-44-. The first-order valence-electron chi connectivity index (χ1n) is 26.2. The number of allylic oxidation sites excluding steroid dienone is 11. The van der Waals surface area contributed by atoms with E-state index in [9.17, 15) is 19.8 Å². The van der Waals surface area contributed by atoms with Crippen LogP contribution in [-0.4, -0.2) is 46.9 Å². The van der Waals surface area contributed by atoms with Crippen molar-refractivity contribution in [2.45, 2.75) is 264 Å². The van der Waals surface area contributed by atoms with E-state index in [1.807, 2.05) is 6.08 Å². The van der Waals surface area contributed by atoms with Gasteiger partial charge in [-0.2, -0.15) is 0 Å². The highest BCUT2D eigenvalue weighted by atomic mass is 16.5. The molecule has 0 heterocycles. The molecule has 0 bridgehead atoms. The van der Waals surface area contributed by atoms with Crippen molar-refractivity contribution >= 4 is 11.9 Å². The number of carbonyl (C=O) groups excluding carboxylic acids is 2. The van der Waals surface area contributed by atoms with E-state index in [0.29, 0.717) is 19.3 Å². The van der Waals surface area contributed by atoms with Gasteiger partial charge in [-0.15, -0.1) is 0 Å². The zero-order valence-corrected chi connectivity index (χ0v) is 40.7. The average molecular weight is 866 g/mol. The van der Waals surface area contributed by atoms with E-state index in [4.69, 9.17) is 4.74 Å². The van der Waals surface area contributed by atoms with Crippen LogP contribution in [0.5, 0.6) is 0 Å². The Morgan fingerprint density at radius 2 is 0.839 bits per heavy atom. The quantitative estimate of drug-likeness (QED) is 0.0322. The van der Waals surface area contributed by atoms with Crippen LogP contribution in [0.25, 0.3) is 0 Å². The Kier molecular flexibility index (Phi) is 47.2. The molecule has 0 aliphatic rings. The molecule has 0 radical (unpaired) electrons. The first kappa shape index (κ1) is 59.3. The number of hydrogen-bond donors (Lipinski definition) is 3. The summed E-state index contributed by atoms with van der Waals surface area (Å²) in [6.07, 6.45) is 62.8. The molecule has 1 amide bonds. The maximum Gasteiger partial charge on any atom is 0.306 e. The minimum atomic E-state index is -0.820. The van der Waals surface area contributed by atoms with Crippen LogP contribution in [-0.2, 0) is 14.3 Å². The van der Waals surface area contributed by atoms with Crippen LogP contribution in [0.2, 0.25) is 0 Å². The van der Waals surface area contributed by atoms with Crippen molar-refractivity contribution in [3.05, 3.63) is 72.9 Å². The number of carbonyl (C=O) groups is 2. The first-order valence-corrected chi connectivity index (χ1v) is 26.2. The Labute approximate surface area is 383 Å². The van der Waals surface area contributed by atoms with Crippen LogP contribution in [0.3, 0.4) is 0 Å². The van der Waals surface area contributed by atoms with Crippen LogP contribution < -0.4 is 5.32 Å². The van der Waals surface area contributed by atoms with E-state index in [2.05, 4.69) is 86.8 Å². The summed E-state index contributed by atoms with van der Waals surface area (Å²) in [6.45, 7) is 6.33. The van der Waals surface area contributed by atoms with Gasteiger partial charge in [0.2, 0.25) is 5.91 Å². The maximum absolute atomic E-state index is 13.2. The lowest BCUT2D eigenvalue weighted by Crippen LogP contribution is -2.46. The van der Waals surface area contributed by atoms with Crippen molar-refractivity contribution in [2.75, 3.05) is 6.61 Å². The lowest BCUT2D eigenvalue weighted by molar-refractivity contribution is -0.148. The van der Waals surface area contributed by atoms with Crippen molar-refractivity contribution in [3.63, 3.8) is 0 Å². The molecule has 358 valence electrons. The Balaban J connectivity index is 4.74. The van der Waals surface area contributed by atoms with Crippen molar-refractivity contribution in [3.8, 4) is 0 Å². The minimum absolute atomic E-state index is 0.0473. The predicted molar refractivity (Wildman–Crippen MR) is 268 cm³/mol. The summed E-state index contributed by atoms with van der Waals surface area (Å²) in [5.41, 5.74) is 0. The van der Waals surface area contributed by atoms with Crippen molar-refractivity contribution in [1.82, 2.24) is 5.32 Å². The third-order valence-electron chi connectivity index (χ3n) is 11.5. The third kappa shape index (κ3) is 43.9. The summed E-state index contributed by atoms with van der Waals surface area (Å²) in [5, 5.41) is 23.6. The van der Waals surface area contributed by atoms with Crippen molar-refractivity contribution < 1.29 is 24.5 Å². The van der Waals surface area contributed by atoms with Gasteiger partial charge in [-0.05, 0) is 57.4 Å². The highest BCUT2D eigenvalue weighted by Crippen LogP contribution is 2.16. The number of aliphatic hydroxyl groups excluding tert-OH is 2. The van der Waals surface area contributed by atoms with Crippen molar-refractivity contribution in [1.29, 1.82) is 0 Å². The highest BCUT2D eigenvalue weighted by molar-refractivity contribution is 5.78. The van der Waals surface area contributed by atoms with E-state index >= 15 is 0 Å². The highest BCUT2D eigenvalue weighted by Gasteiger charge is 2.23. The number of ether oxygens (including phenoxy) is 1. The fourth-order valence-electron chi connectivity index (χ4n) is 7.60. The summed E-state index contributed by atoms with van der Waals surface area (Å²) in [6, 6.07) is -0.743. The zero-order valence-electron chi connectivity index (χ0n) is 40.7. The second kappa shape index (κ2) is 49.3. The molecule has 0 aliphatic carbocycles. The smallest absolute Gasteiger partial charge is 0.306 e. The van der Waals surface area contributed by atoms with Crippen LogP contribution in [0.4, 0.5) is 0 Å². The van der Waals surface area contributed by atoms with Gasteiger partial charge in [0.25, 0.3) is 0 Å². The lowest BCUT2D eigenvalue weighted by Gasteiger charge is -2.23. The zero-order chi connectivity index (χ0) is 45.2. The fourth-order valence-corrected chi connectivity index (χ4v) is 7.60. The molecule has 0 saturated carbocycles. The Morgan fingerprint density at radius 1 is 0.484 bits per heavy atom. The van der Waals surface area contributed by atoms with Gasteiger partial charge < -0.3 is 20.3 Å². The molecule has 3 unspecified atom stereocenters. The molecule has 0 aromatic carbocycles. The summed E-state index contributed by atoms with van der Waals surface area (Å²) < 4.78 is 5.83. The van der Waals surface area contributed by atoms with Gasteiger partial charge in [0, 0.05) is 6.42 Å². The fraction of sp³-hybridized carbons (Fsp3) is 0.750. The Morgan fingerprint density at radius 3 is 1.23 bits per heavy atom. The molecule has 0 aromatic heterocycles. The van der Waals surface area contributed by atoms with Gasteiger partial charge in [0.05, 0.1) is 25.2 Å². The average Bonchev–Trinajstić information content (AvgIpc) is 3.26. The monoisotopic (exact) mass is 866 g/mol. The molecule has 0 rings (SSSR count). The molecule has 6 heteroatoms. The van der Waals surface area contributed by atoms with Crippen molar-refractivity contribution in [2.24, 2.45) is 0 Å². The topological polar surface area (TPSA) is 95.9 Å². The third-order valence-corrected chi connectivity index (χ3v) is 11.5. The van der Waals surface area contributed by atoms with Gasteiger partial charge in [-0.25, -0.2) is 0 Å². The molecule has 0 aliphatic heterocycles. The lowest BCUT2D eigenvalue weighted by atomic mass is 10.0. The molecule has 0 aromatic rings. The van der Waals surface area contributed by atoms with Gasteiger partial charge in [-0.3, -0.25) is 9.59 Å². The Hall–Kier alpha value is -2.70. The SMILES string of the molecule is CC/C=C\C/C=C\C/C=C\C/C=C\C/C=C\C/C=C\C(CC(=O)NC(CO)C(O)CCCCCCCCCCCC)OC(=O)CCCCCCCCCCCCCCCCCC. The number of unbranched alkanes of at least 4 members (excludes halogenated alkanes) is 24. The minimum Gasteiger partial charge on any atom is -0.458 e. The normalized spacial score (nSPS) is 13.8. The molecular formula is C56H99NO5. The van der Waals surface area contributed by atoms with Crippen LogP contribution in [0.15, 0.2) is 72.9 Å². The molecule has 6 nitrogen and oxygen atoms in total.